The summed E-state index contributed by atoms with van der Waals surface area (Å²) in [6.45, 7) is 6.10. The third-order valence-electron chi connectivity index (χ3n) is 3.36. The summed E-state index contributed by atoms with van der Waals surface area (Å²) in [7, 11) is 0. The fourth-order valence-electron chi connectivity index (χ4n) is 2.42. The summed E-state index contributed by atoms with van der Waals surface area (Å²) in [5.41, 5.74) is 2.08. The molecule has 2 rings (SSSR count). The van der Waals surface area contributed by atoms with Gasteiger partial charge in [0.25, 0.3) is 0 Å². The van der Waals surface area contributed by atoms with Crippen LogP contribution < -0.4 is 0 Å². The van der Waals surface area contributed by atoms with Gasteiger partial charge in [-0.3, -0.25) is 4.90 Å². The van der Waals surface area contributed by atoms with E-state index in [0.717, 1.165) is 24.7 Å². The predicted molar refractivity (Wildman–Crippen MR) is 73.5 cm³/mol. The Balaban J connectivity index is 1.85. The van der Waals surface area contributed by atoms with Gasteiger partial charge in [-0.05, 0) is 37.1 Å². The maximum absolute atomic E-state index is 10.5. The van der Waals surface area contributed by atoms with E-state index >= 15 is 0 Å². The van der Waals surface area contributed by atoms with E-state index in [4.69, 9.17) is 21.4 Å². The van der Waals surface area contributed by atoms with Gasteiger partial charge in [0, 0.05) is 24.7 Å². The molecule has 0 unspecified atom stereocenters. The average Bonchev–Trinajstić information content (AvgIpc) is 2.28. The minimum atomic E-state index is -0.923. The van der Waals surface area contributed by atoms with E-state index in [1.165, 1.54) is 11.1 Å². The quantitative estimate of drug-likeness (QED) is 0.901. The Hall–Kier alpha value is -1.10. The van der Waals surface area contributed by atoms with E-state index in [1.54, 1.807) is 0 Å². The zero-order valence-electron chi connectivity index (χ0n) is 11.1. The molecule has 0 aliphatic carbocycles. The molecule has 1 heterocycles. The molecule has 1 aromatic rings. The SMILES string of the molecule is Cc1cc(Cl)ccc1CN1CC(C)(OCC(=O)O)C1. The summed E-state index contributed by atoms with van der Waals surface area (Å²) in [5, 5.41) is 9.36. The molecule has 0 radical (unpaired) electrons. The molecule has 0 amide bonds. The molecule has 104 valence electrons. The number of likely N-dealkylation sites (tertiary alicyclic amines) is 1. The number of benzene rings is 1. The standard InChI is InChI=1S/C14H18ClNO3/c1-10-5-12(15)4-3-11(10)6-16-8-14(2,9-16)19-7-13(17)18/h3-5H,6-9H2,1-2H3,(H,17,18). The van der Waals surface area contributed by atoms with Crippen molar-refractivity contribution in [3.8, 4) is 0 Å². The van der Waals surface area contributed by atoms with E-state index < -0.39 is 5.97 Å². The number of aryl methyl sites for hydroxylation is 1. The number of rotatable bonds is 5. The second-order valence-corrected chi connectivity index (χ2v) is 5.78. The van der Waals surface area contributed by atoms with Crippen molar-refractivity contribution in [3.05, 3.63) is 34.3 Å². The maximum Gasteiger partial charge on any atom is 0.329 e. The van der Waals surface area contributed by atoms with Crippen LogP contribution in [0.4, 0.5) is 0 Å². The third kappa shape index (κ3) is 3.69. The first kappa shape index (κ1) is 14.3. The number of halogens is 1. The Morgan fingerprint density at radius 1 is 1.53 bits per heavy atom. The first-order valence-electron chi connectivity index (χ1n) is 6.21. The van der Waals surface area contributed by atoms with Gasteiger partial charge < -0.3 is 9.84 Å². The molecule has 0 atom stereocenters. The van der Waals surface area contributed by atoms with Crippen molar-refractivity contribution in [3.63, 3.8) is 0 Å². The van der Waals surface area contributed by atoms with Crippen molar-refractivity contribution in [2.45, 2.75) is 26.0 Å². The van der Waals surface area contributed by atoms with Crippen molar-refractivity contribution >= 4 is 17.6 Å². The summed E-state index contributed by atoms with van der Waals surface area (Å²) in [5.74, 6) is -0.923. The molecule has 5 heteroatoms. The Labute approximate surface area is 117 Å². The topological polar surface area (TPSA) is 49.8 Å². The van der Waals surface area contributed by atoms with Crippen molar-refractivity contribution in [1.29, 1.82) is 0 Å². The van der Waals surface area contributed by atoms with Crippen LogP contribution in [0.1, 0.15) is 18.1 Å². The van der Waals surface area contributed by atoms with Gasteiger partial charge in [-0.15, -0.1) is 0 Å². The molecular weight excluding hydrogens is 266 g/mol. The zero-order chi connectivity index (χ0) is 14.0. The Kier molecular flexibility index (Phi) is 4.13. The molecule has 0 aromatic heterocycles. The maximum atomic E-state index is 10.5. The lowest BCUT2D eigenvalue weighted by Gasteiger charge is -2.47. The summed E-state index contributed by atoms with van der Waals surface area (Å²) in [6.07, 6.45) is 0. The third-order valence-corrected chi connectivity index (χ3v) is 3.59. The summed E-state index contributed by atoms with van der Waals surface area (Å²) in [6, 6.07) is 5.88. The fraction of sp³-hybridized carbons (Fsp3) is 0.500. The second-order valence-electron chi connectivity index (χ2n) is 5.35. The number of hydrogen-bond acceptors (Lipinski definition) is 3. The normalized spacial score (nSPS) is 18.1. The number of carboxylic acid groups (broad SMARTS) is 1. The lowest BCUT2D eigenvalue weighted by molar-refractivity contribution is -0.165. The number of carboxylic acids is 1. The van der Waals surface area contributed by atoms with Crippen LogP contribution in [-0.4, -0.2) is 41.3 Å². The van der Waals surface area contributed by atoms with Gasteiger partial charge in [-0.1, -0.05) is 17.7 Å². The molecule has 4 nitrogen and oxygen atoms in total. The molecule has 0 saturated carbocycles. The van der Waals surface area contributed by atoms with E-state index in [9.17, 15) is 4.79 Å². The summed E-state index contributed by atoms with van der Waals surface area (Å²) >= 11 is 5.93. The van der Waals surface area contributed by atoms with Gasteiger partial charge in [-0.25, -0.2) is 4.79 Å². The monoisotopic (exact) mass is 283 g/mol. The molecular formula is C14H18ClNO3. The molecule has 0 spiro atoms. The van der Waals surface area contributed by atoms with E-state index in [0.29, 0.717) is 0 Å². The van der Waals surface area contributed by atoms with Crippen molar-refractivity contribution in [1.82, 2.24) is 4.90 Å². The van der Waals surface area contributed by atoms with Crippen LogP contribution in [0, 0.1) is 6.92 Å². The van der Waals surface area contributed by atoms with Crippen molar-refractivity contribution < 1.29 is 14.6 Å². The van der Waals surface area contributed by atoms with Crippen LogP contribution in [0.5, 0.6) is 0 Å². The molecule has 19 heavy (non-hydrogen) atoms. The van der Waals surface area contributed by atoms with Gasteiger partial charge in [0.2, 0.25) is 0 Å². The fourth-order valence-corrected chi connectivity index (χ4v) is 2.64. The van der Waals surface area contributed by atoms with Crippen LogP contribution in [0.15, 0.2) is 18.2 Å². The van der Waals surface area contributed by atoms with Gasteiger partial charge >= 0.3 is 5.97 Å². The lowest BCUT2D eigenvalue weighted by atomic mass is 9.95. The number of nitrogens with zero attached hydrogens (tertiary/aromatic N) is 1. The molecule has 0 bridgehead atoms. The van der Waals surface area contributed by atoms with Gasteiger partial charge in [0.1, 0.15) is 6.61 Å². The Morgan fingerprint density at radius 3 is 2.79 bits per heavy atom. The Morgan fingerprint density at radius 2 is 2.21 bits per heavy atom. The smallest absolute Gasteiger partial charge is 0.329 e. The second kappa shape index (κ2) is 5.49. The molecule has 1 fully saturated rings. The molecule has 1 aliphatic rings. The number of aliphatic carboxylic acids is 1. The first-order chi connectivity index (χ1) is 8.88. The van der Waals surface area contributed by atoms with Crippen LogP contribution in [0.25, 0.3) is 0 Å². The highest BCUT2D eigenvalue weighted by Crippen LogP contribution is 2.27. The predicted octanol–water partition coefficient (Wildman–Crippen LogP) is 2.32. The van der Waals surface area contributed by atoms with Crippen molar-refractivity contribution in [2.24, 2.45) is 0 Å². The van der Waals surface area contributed by atoms with Gasteiger partial charge in [-0.2, -0.15) is 0 Å². The average molecular weight is 284 g/mol. The number of carbonyl (C=O) groups is 1. The molecule has 1 aliphatic heterocycles. The van der Waals surface area contributed by atoms with Gasteiger partial charge in [0.05, 0.1) is 5.60 Å². The molecule has 1 aromatic carbocycles. The van der Waals surface area contributed by atoms with E-state index in [1.807, 2.05) is 32.0 Å². The van der Waals surface area contributed by atoms with Crippen LogP contribution in [-0.2, 0) is 16.1 Å². The Bertz CT molecular complexity index is 484. The first-order valence-corrected chi connectivity index (χ1v) is 6.59. The van der Waals surface area contributed by atoms with Crippen molar-refractivity contribution in [2.75, 3.05) is 19.7 Å². The molecule has 1 saturated heterocycles. The van der Waals surface area contributed by atoms with Crippen LogP contribution in [0.3, 0.4) is 0 Å². The van der Waals surface area contributed by atoms with Crippen LogP contribution in [0.2, 0.25) is 5.02 Å². The van der Waals surface area contributed by atoms with Gasteiger partial charge in [0.15, 0.2) is 0 Å². The summed E-state index contributed by atoms with van der Waals surface area (Å²) in [4.78, 5) is 12.7. The number of ether oxygens (including phenoxy) is 1. The highest BCUT2D eigenvalue weighted by atomic mass is 35.5. The molecule has 1 N–H and O–H groups in total. The summed E-state index contributed by atoms with van der Waals surface area (Å²) < 4.78 is 5.38. The van der Waals surface area contributed by atoms with E-state index in [-0.39, 0.29) is 12.2 Å². The zero-order valence-corrected chi connectivity index (χ0v) is 11.9. The lowest BCUT2D eigenvalue weighted by Crippen LogP contribution is -2.61. The minimum absolute atomic E-state index is 0.232. The highest BCUT2D eigenvalue weighted by Gasteiger charge is 2.40. The van der Waals surface area contributed by atoms with E-state index in [2.05, 4.69) is 4.90 Å². The van der Waals surface area contributed by atoms with Crippen LogP contribution >= 0.6 is 11.6 Å². The highest BCUT2D eigenvalue weighted by molar-refractivity contribution is 6.30. The minimum Gasteiger partial charge on any atom is -0.480 e. The largest absolute Gasteiger partial charge is 0.480 e. The number of hydrogen-bond donors (Lipinski definition) is 1.